The maximum atomic E-state index is 5.73. The largest absolute Gasteiger partial charge is 0.368 e. The van der Waals surface area contributed by atoms with Crippen molar-refractivity contribution in [3.05, 3.63) is 18.0 Å². The number of hydrogen-bond donors (Lipinski definition) is 2. The Kier molecular flexibility index (Phi) is 2.81. The summed E-state index contributed by atoms with van der Waals surface area (Å²) in [5.74, 6) is 1.86. The summed E-state index contributed by atoms with van der Waals surface area (Å²) in [5, 5.41) is 7.45. The summed E-state index contributed by atoms with van der Waals surface area (Å²) in [6.07, 6.45) is 6.13. The number of nitrogen functional groups attached to an aromatic ring is 1. The van der Waals surface area contributed by atoms with E-state index in [1.54, 1.807) is 10.9 Å². The molecule has 3 rings (SSSR count). The molecule has 1 unspecified atom stereocenters. The van der Waals surface area contributed by atoms with E-state index in [9.17, 15) is 0 Å². The summed E-state index contributed by atoms with van der Waals surface area (Å²) >= 11 is 0. The van der Waals surface area contributed by atoms with Crippen molar-refractivity contribution >= 4 is 11.9 Å². The number of hydrogen-bond acceptors (Lipinski definition) is 6. The summed E-state index contributed by atoms with van der Waals surface area (Å²) in [6, 6.07) is 0.356. The van der Waals surface area contributed by atoms with E-state index in [-0.39, 0.29) is 5.95 Å². The van der Waals surface area contributed by atoms with Crippen molar-refractivity contribution in [2.45, 2.75) is 32.7 Å². The molecule has 2 heterocycles. The maximum Gasteiger partial charge on any atom is 0.257 e. The van der Waals surface area contributed by atoms with Crippen LogP contribution in [0.25, 0.3) is 5.95 Å². The first kappa shape index (κ1) is 11.9. The molecule has 0 bridgehead atoms. The third-order valence-electron chi connectivity index (χ3n) is 3.24. The Balaban J connectivity index is 1.86. The maximum absolute atomic E-state index is 5.73. The van der Waals surface area contributed by atoms with Crippen LogP contribution in [0.4, 0.5) is 11.9 Å². The Morgan fingerprint density at radius 1 is 1.37 bits per heavy atom. The highest BCUT2D eigenvalue weighted by atomic mass is 15.4. The predicted octanol–water partition coefficient (Wildman–Crippen LogP) is 1.16. The molecule has 0 saturated heterocycles. The Bertz CT molecular complexity index is 588. The van der Waals surface area contributed by atoms with Crippen LogP contribution < -0.4 is 11.1 Å². The van der Waals surface area contributed by atoms with Gasteiger partial charge in [-0.3, -0.25) is 0 Å². The van der Waals surface area contributed by atoms with E-state index in [1.807, 2.05) is 13.1 Å². The van der Waals surface area contributed by atoms with E-state index in [1.165, 1.54) is 12.8 Å². The van der Waals surface area contributed by atoms with Gasteiger partial charge in [-0.2, -0.15) is 20.1 Å². The van der Waals surface area contributed by atoms with Crippen LogP contribution >= 0.6 is 0 Å². The lowest BCUT2D eigenvalue weighted by molar-refractivity contribution is 0.682. The van der Waals surface area contributed by atoms with Crippen LogP contribution in [0.15, 0.2) is 12.4 Å². The lowest BCUT2D eigenvalue weighted by atomic mass is 10.2. The van der Waals surface area contributed by atoms with Crippen LogP contribution in [0.5, 0.6) is 0 Å². The molecule has 1 aliphatic carbocycles. The lowest BCUT2D eigenvalue weighted by Gasteiger charge is -2.13. The van der Waals surface area contributed by atoms with E-state index in [2.05, 4.69) is 32.3 Å². The molecule has 2 aromatic rings. The summed E-state index contributed by atoms with van der Waals surface area (Å²) in [4.78, 5) is 12.6. The first-order valence-electron chi connectivity index (χ1n) is 6.41. The van der Waals surface area contributed by atoms with E-state index in [4.69, 9.17) is 5.73 Å². The van der Waals surface area contributed by atoms with Gasteiger partial charge in [0, 0.05) is 12.2 Å². The van der Waals surface area contributed by atoms with Gasteiger partial charge in [0.05, 0.1) is 6.20 Å². The standard InChI is InChI=1S/C12H17N7/c1-7-5-14-19(6-7)12-17-10(13)16-11(18-12)15-8(2)9-3-4-9/h5-6,8-9H,3-4H2,1-2H3,(H3,13,15,16,17,18). The minimum Gasteiger partial charge on any atom is -0.368 e. The minimum absolute atomic E-state index is 0.198. The van der Waals surface area contributed by atoms with Crippen molar-refractivity contribution in [3.8, 4) is 5.95 Å². The second-order valence-corrected chi connectivity index (χ2v) is 5.05. The van der Waals surface area contributed by atoms with Crippen LogP contribution in [-0.4, -0.2) is 30.8 Å². The van der Waals surface area contributed by atoms with Crippen LogP contribution in [0.3, 0.4) is 0 Å². The second kappa shape index (κ2) is 4.49. The first-order chi connectivity index (χ1) is 9.11. The Labute approximate surface area is 111 Å². The summed E-state index contributed by atoms with van der Waals surface area (Å²) in [6.45, 7) is 4.09. The van der Waals surface area contributed by atoms with Crippen LogP contribution in [0.2, 0.25) is 0 Å². The summed E-state index contributed by atoms with van der Waals surface area (Å²) in [7, 11) is 0. The molecule has 1 aliphatic rings. The van der Waals surface area contributed by atoms with Gasteiger partial charge in [-0.25, -0.2) is 4.68 Å². The van der Waals surface area contributed by atoms with Crippen molar-refractivity contribution in [1.82, 2.24) is 24.7 Å². The number of aromatic nitrogens is 5. The molecule has 7 heteroatoms. The van der Waals surface area contributed by atoms with E-state index in [0.717, 1.165) is 5.56 Å². The van der Waals surface area contributed by atoms with Crippen molar-refractivity contribution in [1.29, 1.82) is 0 Å². The average Bonchev–Trinajstić information content (AvgIpc) is 3.11. The molecule has 0 aliphatic heterocycles. The molecule has 1 saturated carbocycles. The van der Waals surface area contributed by atoms with Gasteiger partial charge in [0.1, 0.15) is 0 Å². The molecular weight excluding hydrogens is 242 g/mol. The zero-order chi connectivity index (χ0) is 13.4. The predicted molar refractivity (Wildman–Crippen MR) is 71.9 cm³/mol. The van der Waals surface area contributed by atoms with Gasteiger partial charge in [0.15, 0.2) is 0 Å². The quantitative estimate of drug-likeness (QED) is 0.855. The normalized spacial score (nSPS) is 16.3. The number of nitrogens with zero attached hydrogens (tertiary/aromatic N) is 5. The van der Waals surface area contributed by atoms with Gasteiger partial charge in [0.2, 0.25) is 11.9 Å². The fraction of sp³-hybridized carbons (Fsp3) is 0.500. The molecule has 1 atom stereocenters. The Morgan fingerprint density at radius 3 is 2.79 bits per heavy atom. The van der Waals surface area contributed by atoms with Gasteiger partial charge in [-0.15, -0.1) is 0 Å². The molecular formula is C12H17N7. The highest BCUT2D eigenvalue weighted by molar-refractivity contribution is 5.36. The highest BCUT2D eigenvalue weighted by Gasteiger charge is 2.28. The lowest BCUT2D eigenvalue weighted by Crippen LogP contribution is -2.20. The molecule has 100 valence electrons. The van der Waals surface area contributed by atoms with Gasteiger partial charge in [-0.05, 0) is 38.2 Å². The van der Waals surface area contributed by atoms with Crippen LogP contribution in [-0.2, 0) is 0 Å². The van der Waals surface area contributed by atoms with Gasteiger partial charge < -0.3 is 11.1 Å². The number of nitrogens with two attached hydrogens (primary N) is 1. The smallest absolute Gasteiger partial charge is 0.257 e. The summed E-state index contributed by atoms with van der Waals surface area (Å²) < 4.78 is 1.60. The Morgan fingerprint density at radius 2 is 2.16 bits per heavy atom. The van der Waals surface area contributed by atoms with Crippen molar-refractivity contribution in [2.24, 2.45) is 5.92 Å². The molecule has 0 spiro atoms. The zero-order valence-corrected chi connectivity index (χ0v) is 11.0. The van der Waals surface area contributed by atoms with E-state index >= 15 is 0 Å². The molecule has 7 nitrogen and oxygen atoms in total. The molecule has 2 aromatic heterocycles. The highest BCUT2D eigenvalue weighted by Crippen LogP contribution is 2.33. The van der Waals surface area contributed by atoms with Crippen molar-refractivity contribution < 1.29 is 0 Å². The number of rotatable bonds is 4. The molecule has 0 aromatic carbocycles. The third-order valence-corrected chi connectivity index (χ3v) is 3.24. The summed E-state index contributed by atoms with van der Waals surface area (Å²) in [5.41, 5.74) is 6.77. The Hall–Kier alpha value is -2.18. The van der Waals surface area contributed by atoms with E-state index in [0.29, 0.717) is 23.9 Å². The molecule has 3 N–H and O–H groups in total. The average molecular weight is 259 g/mol. The van der Waals surface area contributed by atoms with E-state index < -0.39 is 0 Å². The fourth-order valence-corrected chi connectivity index (χ4v) is 1.99. The first-order valence-corrected chi connectivity index (χ1v) is 6.41. The van der Waals surface area contributed by atoms with Crippen LogP contribution in [0.1, 0.15) is 25.3 Å². The van der Waals surface area contributed by atoms with Crippen LogP contribution in [0, 0.1) is 12.8 Å². The van der Waals surface area contributed by atoms with Gasteiger partial charge in [0.25, 0.3) is 5.95 Å². The van der Waals surface area contributed by atoms with Gasteiger partial charge >= 0.3 is 0 Å². The monoisotopic (exact) mass is 259 g/mol. The molecule has 1 fully saturated rings. The topological polar surface area (TPSA) is 94.5 Å². The third kappa shape index (κ3) is 2.64. The molecule has 19 heavy (non-hydrogen) atoms. The van der Waals surface area contributed by atoms with Crippen molar-refractivity contribution in [2.75, 3.05) is 11.1 Å². The number of aryl methyl sites for hydroxylation is 1. The van der Waals surface area contributed by atoms with Gasteiger partial charge in [-0.1, -0.05) is 0 Å². The fourth-order valence-electron chi connectivity index (χ4n) is 1.99. The van der Waals surface area contributed by atoms with Crippen molar-refractivity contribution in [3.63, 3.8) is 0 Å². The molecule has 0 radical (unpaired) electrons. The number of anilines is 2. The molecule has 0 amide bonds. The zero-order valence-electron chi connectivity index (χ0n) is 11.0. The SMILES string of the molecule is Cc1cnn(-c2nc(N)nc(NC(C)C3CC3)n2)c1. The minimum atomic E-state index is 0.198. The second-order valence-electron chi connectivity index (χ2n) is 5.05. The number of nitrogens with one attached hydrogen (secondary N) is 1.